The quantitative estimate of drug-likeness (QED) is 0.592. The third kappa shape index (κ3) is 3.32. The van der Waals surface area contributed by atoms with Crippen molar-refractivity contribution in [3.63, 3.8) is 0 Å². The zero-order valence-electron chi connectivity index (χ0n) is 13.2. The van der Waals surface area contributed by atoms with Crippen molar-refractivity contribution in [1.82, 2.24) is 0 Å². The molecule has 0 saturated heterocycles. The molecular formula is C18H18F4N2. The third-order valence-electron chi connectivity index (χ3n) is 4.44. The lowest BCUT2D eigenvalue weighted by atomic mass is 9.97. The minimum atomic E-state index is -4.69. The van der Waals surface area contributed by atoms with Crippen LogP contribution in [0.15, 0.2) is 30.3 Å². The lowest BCUT2D eigenvalue weighted by Crippen LogP contribution is -2.10. The molecule has 0 bridgehead atoms. The number of rotatable bonds is 4. The maximum atomic E-state index is 13.7. The van der Waals surface area contributed by atoms with Crippen LogP contribution in [-0.2, 0) is 12.7 Å². The van der Waals surface area contributed by atoms with Gasteiger partial charge in [0.15, 0.2) is 0 Å². The Morgan fingerprint density at radius 1 is 1.17 bits per heavy atom. The summed E-state index contributed by atoms with van der Waals surface area (Å²) in [6.07, 6.45) is -2.43. The molecule has 0 aliphatic heterocycles. The maximum Gasteiger partial charge on any atom is 0.419 e. The van der Waals surface area contributed by atoms with E-state index in [2.05, 4.69) is 5.32 Å². The van der Waals surface area contributed by atoms with Gasteiger partial charge in [0.2, 0.25) is 0 Å². The Morgan fingerprint density at radius 3 is 2.46 bits per heavy atom. The molecule has 3 N–H and O–H groups in total. The summed E-state index contributed by atoms with van der Waals surface area (Å²) in [5.74, 6) is -0.760. The summed E-state index contributed by atoms with van der Waals surface area (Å²) in [7, 11) is 0. The first-order valence-electron chi connectivity index (χ1n) is 7.76. The molecule has 0 unspecified atom stereocenters. The zero-order chi connectivity index (χ0) is 17.5. The van der Waals surface area contributed by atoms with E-state index in [1.165, 1.54) is 11.6 Å². The molecule has 1 aliphatic rings. The summed E-state index contributed by atoms with van der Waals surface area (Å²) >= 11 is 0. The molecule has 0 atom stereocenters. The summed E-state index contributed by atoms with van der Waals surface area (Å²) in [4.78, 5) is 0. The molecule has 2 aromatic rings. The SMILES string of the molecule is Cc1c(N)ccc(C2CC2)c1CNc1ccc(C(F)(F)F)c(F)c1. The summed E-state index contributed by atoms with van der Waals surface area (Å²) in [6.45, 7) is 2.32. The van der Waals surface area contributed by atoms with Crippen LogP contribution < -0.4 is 11.1 Å². The van der Waals surface area contributed by atoms with Gasteiger partial charge in [0, 0.05) is 17.9 Å². The van der Waals surface area contributed by atoms with E-state index in [4.69, 9.17) is 5.73 Å². The monoisotopic (exact) mass is 338 g/mol. The summed E-state index contributed by atoms with van der Waals surface area (Å²) in [5.41, 5.74) is 8.89. The largest absolute Gasteiger partial charge is 0.419 e. The molecule has 6 heteroatoms. The molecule has 0 heterocycles. The van der Waals surface area contributed by atoms with Gasteiger partial charge >= 0.3 is 6.18 Å². The van der Waals surface area contributed by atoms with Crippen LogP contribution in [0.25, 0.3) is 0 Å². The van der Waals surface area contributed by atoms with Gasteiger partial charge in [-0.15, -0.1) is 0 Å². The number of nitrogen functional groups attached to an aromatic ring is 1. The Bertz CT molecular complexity index is 764. The topological polar surface area (TPSA) is 38.0 Å². The molecule has 0 aromatic heterocycles. The van der Waals surface area contributed by atoms with Gasteiger partial charge in [-0.3, -0.25) is 0 Å². The van der Waals surface area contributed by atoms with Crippen LogP contribution in [0.4, 0.5) is 28.9 Å². The van der Waals surface area contributed by atoms with Gasteiger partial charge in [-0.2, -0.15) is 13.2 Å². The van der Waals surface area contributed by atoms with E-state index in [-0.39, 0.29) is 0 Å². The molecule has 0 amide bonds. The van der Waals surface area contributed by atoms with Gasteiger partial charge in [-0.1, -0.05) is 6.07 Å². The highest BCUT2D eigenvalue weighted by Gasteiger charge is 2.34. The smallest absolute Gasteiger partial charge is 0.399 e. The van der Waals surface area contributed by atoms with Crippen molar-refractivity contribution in [3.8, 4) is 0 Å². The predicted molar refractivity (Wildman–Crippen MR) is 86.3 cm³/mol. The van der Waals surface area contributed by atoms with Gasteiger partial charge < -0.3 is 11.1 Å². The minimum absolute atomic E-state index is 0.309. The van der Waals surface area contributed by atoms with E-state index in [0.717, 1.165) is 36.1 Å². The van der Waals surface area contributed by atoms with E-state index in [1.54, 1.807) is 0 Å². The number of nitrogens with one attached hydrogen (secondary N) is 1. The molecule has 0 spiro atoms. The first kappa shape index (κ1) is 16.6. The van der Waals surface area contributed by atoms with E-state index < -0.39 is 17.6 Å². The highest BCUT2D eigenvalue weighted by molar-refractivity contribution is 5.56. The van der Waals surface area contributed by atoms with Crippen LogP contribution >= 0.6 is 0 Å². The van der Waals surface area contributed by atoms with Crippen molar-refractivity contribution in [2.24, 2.45) is 0 Å². The lowest BCUT2D eigenvalue weighted by molar-refractivity contribution is -0.139. The van der Waals surface area contributed by atoms with E-state index >= 15 is 0 Å². The Morgan fingerprint density at radius 2 is 1.88 bits per heavy atom. The van der Waals surface area contributed by atoms with Crippen LogP contribution in [0.5, 0.6) is 0 Å². The second-order valence-corrected chi connectivity index (χ2v) is 6.17. The lowest BCUT2D eigenvalue weighted by Gasteiger charge is -2.16. The van der Waals surface area contributed by atoms with E-state index in [1.807, 2.05) is 19.1 Å². The fourth-order valence-electron chi connectivity index (χ4n) is 2.85. The van der Waals surface area contributed by atoms with Gasteiger partial charge in [-0.05, 0) is 66.6 Å². The molecule has 2 nitrogen and oxygen atoms in total. The van der Waals surface area contributed by atoms with Gasteiger partial charge in [0.25, 0.3) is 0 Å². The Hall–Kier alpha value is -2.24. The molecular weight excluding hydrogens is 320 g/mol. The summed E-state index contributed by atoms with van der Waals surface area (Å²) < 4.78 is 51.5. The number of benzene rings is 2. The number of hydrogen-bond acceptors (Lipinski definition) is 2. The average molecular weight is 338 g/mol. The second-order valence-electron chi connectivity index (χ2n) is 6.17. The average Bonchev–Trinajstić information content (AvgIpc) is 3.32. The maximum absolute atomic E-state index is 13.7. The van der Waals surface area contributed by atoms with E-state index in [9.17, 15) is 17.6 Å². The van der Waals surface area contributed by atoms with Crippen LogP contribution in [0.3, 0.4) is 0 Å². The van der Waals surface area contributed by atoms with Crippen molar-refractivity contribution >= 4 is 11.4 Å². The highest BCUT2D eigenvalue weighted by atomic mass is 19.4. The zero-order valence-corrected chi connectivity index (χ0v) is 13.2. The second kappa shape index (κ2) is 6.00. The first-order chi connectivity index (χ1) is 11.3. The minimum Gasteiger partial charge on any atom is -0.399 e. The number of anilines is 2. The molecule has 1 fully saturated rings. The van der Waals surface area contributed by atoms with Gasteiger partial charge in [-0.25, -0.2) is 4.39 Å². The summed E-state index contributed by atoms with van der Waals surface area (Å²) in [6, 6.07) is 6.76. The molecule has 1 saturated carbocycles. The fraction of sp³-hybridized carbons (Fsp3) is 0.333. The Balaban J connectivity index is 1.82. The third-order valence-corrected chi connectivity index (χ3v) is 4.44. The van der Waals surface area contributed by atoms with Gasteiger partial charge in [0.05, 0.1) is 5.56 Å². The van der Waals surface area contributed by atoms with E-state index in [0.29, 0.717) is 23.8 Å². The molecule has 1 aliphatic carbocycles. The van der Waals surface area contributed by atoms with Crippen molar-refractivity contribution in [2.45, 2.75) is 38.4 Å². The first-order valence-corrected chi connectivity index (χ1v) is 7.76. The normalized spacial score (nSPS) is 14.7. The number of nitrogens with two attached hydrogens (primary N) is 1. The summed E-state index contributed by atoms with van der Waals surface area (Å²) in [5, 5.41) is 3.01. The Labute approximate surface area is 137 Å². The molecule has 24 heavy (non-hydrogen) atoms. The van der Waals surface area contributed by atoms with Crippen LogP contribution in [0.2, 0.25) is 0 Å². The number of halogens is 4. The highest BCUT2D eigenvalue weighted by Crippen LogP contribution is 2.43. The number of alkyl halides is 3. The van der Waals surface area contributed by atoms with Crippen molar-refractivity contribution in [3.05, 3.63) is 58.4 Å². The molecule has 2 aromatic carbocycles. The Kier molecular flexibility index (Phi) is 4.15. The molecule has 128 valence electrons. The van der Waals surface area contributed by atoms with Crippen LogP contribution in [0, 0.1) is 12.7 Å². The van der Waals surface area contributed by atoms with Crippen molar-refractivity contribution < 1.29 is 17.6 Å². The number of hydrogen-bond donors (Lipinski definition) is 2. The standard InChI is InChI=1S/C18H18F4N2/c1-10-14(13(11-2-3-11)5-7-17(10)23)9-24-12-4-6-15(16(19)8-12)18(20,21)22/h4-8,11,24H,2-3,9,23H2,1H3. The molecule has 3 rings (SSSR count). The van der Waals surface area contributed by atoms with Crippen LogP contribution in [0.1, 0.15) is 41.0 Å². The fourth-order valence-corrected chi connectivity index (χ4v) is 2.85. The van der Waals surface area contributed by atoms with Gasteiger partial charge in [0.1, 0.15) is 5.82 Å². The van der Waals surface area contributed by atoms with Crippen molar-refractivity contribution in [1.29, 1.82) is 0 Å². The predicted octanol–water partition coefficient (Wildman–Crippen LogP) is 5.22. The van der Waals surface area contributed by atoms with Crippen molar-refractivity contribution in [2.75, 3.05) is 11.1 Å². The molecule has 0 radical (unpaired) electrons. The van der Waals surface area contributed by atoms with Crippen LogP contribution in [-0.4, -0.2) is 0 Å².